The van der Waals surface area contributed by atoms with E-state index in [1.165, 1.54) is 0 Å². The first kappa shape index (κ1) is 16.0. The summed E-state index contributed by atoms with van der Waals surface area (Å²) in [7, 11) is -1.60. The molecular formula is C10H11ClF3N3OS. The van der Waals surface area contributed by atoms with Crippen molar-refractivity contribution in [1.29, 1.82) is 0 Å². The molecule has 0 saturated heterocycles. The number of rotatable bonds is 2. The highest BCUT2D eigenvalue weighted by Crippen LogP contribution is 2.32. The molecule has 0 aliphatic heterocycles. The second kappa shape index (κ2) is 5.54. The second-order valence-electron chi connectivity index (χ2n) is 4.52. The SMILES string of the molecule is CC(C)(C)S(=O)N=Cc1ncc(Cl)c(C(F)(F)F)n1. The largest absolute Gasteiger partial charge is 0.434 e. The van der Waals surface area contributed by atoms with Gasteiger partial charge in [0.25, 0.3) is 0 Å². The smallest absolute Gasteiger partial charge is 0.234 e. The lowest BCUT2D eigenvalue weighted by Gasteiger charge is -2.12. The molecule has 0 fully saturated rings. The Morgan fingerprint density at radius 2 is 1.95 bits per heavy atom. The van der Waals surface area contributed by atoms with Crippen molar-refractivity contribution in [3.63, 3.8) is 0 Å². The summed E-state index contributed by atoms with van der Waals surface area (Å²) < 4.78 is 52.2. The van der Waals surface area contributed by atoms with Crippen LogP contribution in [0.1, 0.15) is 32.3 Å². The van der Waals surface area contributed by atoms with Gasteiger partial charge < -0.3 is 0 Å². The molecule has 0 saturated carbocycles. The molecule has 0 amide bonds. The molecule has 1 rings (SSSR count). The first-order chi connectivity index (χ1) is 8.51. The van der Waals surface area contributed by atoms with Gasteiger partial charge >= 0.3 is 6.18 Å². The molecule has 0 bridgehead atoms. The third kappa shape index (κ3) is 4.54. The van der Waals surface area contributed by atoms with Crippen LogP contribution < -0.4 is 0 Å². The summed E-state index contributed by atoms with van der Waals surface area (Å²) in [5, 5.41) is -0.596. The van der Waals surface area contributed by atoms with Gasteiger partial charge in [0.05, 0.1) is 22.2 Å². The van der Waals surface area contributed by atoms with E-state index in [1.54, 1.807) is 20.8 Å². The molecule has 1 aromatic heterocycles. The van der Waals surface area contributed by atoms with E-state index in [1.807, 2.05) is 0 Å². The maximum absolute atomic E-state index is 12.5. The first-order valence-corrected chi connectivity index (χ1v) is 6.56. The van der Waals surface area contributed by atoms with E-state index in [9.17, 15) is 17.4 Å². The fourth-order valence-electron chi connectivity index (χ4n) is 0.895. The highest BCUT2D eigenvalue weighted by molar-refractivity contribution is 7.85. The van der Waals surface area contributed by atoms with Crippen LogP contribution in [0.15, 0.2) is 10.6 Å². The molecule has 106 valence electrons. The lowest BCUT2D eigenvalue weighted by atomic mass is 10.3. The van der Waals surface area contributed by atoms with E-state index in [2.05, 4.69) is 14.4 Å². The zero-order valence-electron chi connectivity index (χ0n) is 10.3. The van der Waals surface area contributed by atoms with Crippen LogP contribution in [0, 0.1) is 0 Å². The normalized spacial score (nSPS) is 14.9. The highest BCUT2D eigenvalue weighted by Gasteiger charge is 2.35. The average molecular weight is 314 g/mol. The number of alkyl halides is 3. The van der Waals surface area contributed by atoms with Crippen LogP contribution >= 0.6 is 11.6 Å². The number of halogens is 4. The standard InChI is InChI=1S/C10H11ClF3N3OS/c1-9(2,3)19(18)16-5-7-15-4-6(11)8(17-7)10(12,13)14/h4-5H,1-3H3. The summed E-state index contributed by atoms with van der Waals surface area (Å²) in [5.41, 5.74) is -1.24. The molecule has 1 heterocycles. The maximum Gasteiger partial charge on any atom is 0.434 e. The minimum Gasteiger partial charge on any atom is -0.234 e. The van der Waals surface area contributed by atoms with E-state index >= 15 is 0 Å². The van der Waals surface area contributed by atoms with E-state index in [0.717, 1.165) is 12.4 Å². The van der Waals surface area contributed by atoms with Crippen molar-refractivity contribution in [3.05, 3.63) is 22.7 Å². The van der Waals surface area contributed by atoms with Crippen LogP contribution in [0.2, 0.25) is 5.02 Å². The monoisotopic (exact) mass is 313 g/mol. The second-order valence-corrected chi connectivity index (χ2v) is 6.86. The molecule has 0 aliphatic carbocycles. The first-order valence-electron chi connectivity index (χ1n) is 5.07. The van der Waals surface area contributed by atoms with Crippen molar-refractivity contribution in [3.8, 4) is 0 Å². The van der Waals surface area contributed by atoms with Gasteiger partial charge in [-0.3, -0.25) is 0 Å². The van der Waals surface area contributed by atoms with Gasteiger partial charge in [-0.1, -0.05) is 11.6 Å². The van der Waals surface area contributed by atoms with Gasteiger partial charge in [-0.2, -0.15) is 17.6 Å². The van der Waals surface area contributed by atoms with Gasteiger partial charge in [-0.25, -0.2) is 14.2 Å². The van der Waals surface area contributed by atoms with Gasteiger partial charge in [0.1, 0.15) is 11.0 Å². The molecule has 9 heteroatoms. The molecule has 0 aliphatic rings. The molecule has 1 aromatic rings. The average Bonchev–Trinajstić information content (AvgIpc) is 2.24. The lowest BCUT2D eigenvalue weighted by Crippen LogP contribution is -2.20. The predicted octanol–water partition coefficient (Wildman–Crippen LogP) is 3.03. The Kier molecular flexibility index (Phi) is 4.67. The molecule has 0 N–H and O–H groups in total. The quantitative estimate of drug-likeness (QED) is 0.789. The van der Waals surface area contributed by atoms with E-state index < -0.39 is 32.6 Å². The highest BCUT2D eigenvalue weighted by atomic mass is 35.5. The maximum atomic E-state index is 12.5. The van der Waals surface area contributed by atoms with Gasteiger partial charge in [-0.05, 0) is 20.8 Å². The van der Waals surface area contributed by atoms with E-state index in [4.69, 9.17) is 11.6 Å². The Morgan fingerprint density at radius 1 is 1.37 bits per heavy atom. The van der Waals surface area contributed by atoms with E-state index in [-0.39, 0.29) is 5.82 Å². The summed E-state index contributed by atoms with van der Waals surface area (Å²) in [5.74, 6) is -0.297. The Balaban J connectivity index is 3.05. The summed E-state index contributed by atoms with van der Waals surface area (Å²) in [4.78, 5) is 6.83. The molecule has 0 radical (unpaired) electrons. The topological polar surface area (TPSA) is 55.2 Å². The van der Waals surface area contributed by atoms with Crippen molar-refractivity contribution in [1.82, 2.24) is 9.97 Å². The predicted molar refractivity (Wildman–Crippen MR) is 67.5 cm³/mol. The number of hydrogen-bond donors (Lipinski definition) is 0. The van der Waals surface area contributed by atoms with Crippen molar-refractivity contribution in [2.75, 3.05) is 0 Å². The minimum absolute atomic E-state index is 0.297. The number of hydrogen-bond acceptors (Lipinski definition) is 3. The van der Waals surface area contributed by atoms with Crippen LogP contribution in [-0.2, 0) is 17.2 Å². The third-order valence-electron chi connectivity index (χ3n) is 1.82. The molecule has 4 nitrogen and oxygen atoms in total. The Bertz CT molecular complexity index is 526. The van der Waals surface area contributed by atoms with Crippen LogP contribution in [0.25, 0.3) is 0 Å². The molecular weight excluding hydrogens is 303 g/mol. The van der Waals surface area contributed by atoms with Crippen LogP contribution in [0.3, 0.4) is 0 Å². The van der Waals surface area contributed by atoms with Crippen LogP contribution in [-0.4, -0.2) is 25.1 Å². The summed E-state index contributed by atoms with van der Waals surface area (Å²) >= 11 is 5.37. The summed E-state index contributed by atoms with van der Waals surface area (Å²) in [6.07, 6.45) is -2.91. The fourth-order valence-corrected chi connectivity index (χ4v) is 1.60. The van der Waals surface area contributed by atoms with Gasteiger partial charge in [0.15, 0.2) is 11.5 Å². The van der Waals surface area contributed by atoms with Gasteiger partial charge in [0, 0.05) is 0 Å². The number of aromatic nitrogens is 2. The van der Waals surface area contributed by atoms with Crippen molar-refractivity contribution < 1.29 is 17.4 Å². The van der Waals surface area contributed by atoms with Crippen LogP contribution in [0.5, 0.6) is 0 Å². The minimum atomic E-state index is -4.67. The van der Waals surface area contributed by atoms with Crippen LogP contribution in [0.4, 0.5) is 13.2 Å². The third-order valence-corrected chi connectivity index (χ3v) is 3.44. The lowest BCUT2D eigenvalue weighted by molar-refractivity contribution is -0.141. The Labute approximate surface area is 115 Å². The summed E-state index contributed by atoms with van der Waals surface area (Å²) in [6, 6.07) is 0. The molecule has 0 spiro atoms. The Hall–Kier alpha value is -1.02. The zero-order valence-corrected chi connectivity index (χ0v) is 11.9. The number of nitrogens with zero attached hydrogens (tertiary/aromatic N) is 3. The molecule has 1 atom stereocenters. The zero-order chi connectivity index (χ0) is 14.8. The molecule has 19 heavy (non-hydrogen) atoms. The van der Waals surface area contributed by atoms with E-state index in [0.29, 0.717) is 0 Å². The molecule has 0 aromatic carbocycles. The Morgan fingerprint density at radius 3 is 2.42 bits per heavy atom. The van der Waals surface area contributed by atoms with Crippen molar-refractivity contribution in [2.45, 2.75) is 31.7 Å². The fraction of sp³-hybridized carbons (Fsp3) is 0.500. The van der Waals surface area contributed by atoms with Gasteiger partial charge in [-0.15, -0.1) is 0 Å². The van der Waals surface area contributed by atoms with Gasteiger partial charge in [0.2, 0.25) is 0 Å². The van der Waals surface area contributed by atoms with Crippen molar-refractivity contribution in [2.24, 2.45) is 4.40 Å². The summed E-state index contributed by atoms with van der Waals surface area (Å²) in [6.45, 7) is 5.05. The molecule has 1 unspecified atom stereocenters. The van der Waals surface area contributed by atoms with Crippen molar-refractivity contribution >= 4 is 28.8 Å².